The molecule has 0 spiro atoms. The van der Waals surface area contributed by atoms with Gasteiger partial charge in [0.05, 0.1) is 5.75 Å². The summed E-state index contributed by atoms with van der Waals surface area (Å²) in [6.45, 7) is 0.361. The standard InChI is InChI=1S/C20H18Cl2N4O3S/c21-16-9-15(10-17(22)11-16)13-30(28,29)26-19-3-1-18(2-4-19)25-20(27)24-12-14-5-7-23-8-6-14/h1-11,26H,12-13H2,(H2,24,25,27). The molecule has 0 aliphatic heterocycles. The fraction of sp³-hybridized carbons (Fsp3) is 0.100. The third kappa shape index (κ3) is 6.91. The van der Waals surface area contributed by atoms with Gasteiger partial charge in [-0.2, -0.15) is 0 Å². The minimum absolute atomic E-state index is 0.273. The van der Waals surface area contributed by atoms with Gasteiger partial charge in [0.25, 0.3) is 0 Å². The number of anilines is 2. The van der Waals surface area contributed by atoms with Crippen LogP contribution >= 0.6 is 23.2 Å². The van der Waals surface area contributed by atoms with Crippen LogP contribution in [0.1, 0.15) is 11.1 Å². The van der Waals surface area contributed by atoms with E-state index in [1.165, 1.54) is 6.07 Å². The molecule has 0 fully saturated rings. The molecule has 0 saturated heterocycles. The van der Waals surface area contributed by atoms with E-state index in [-0.39, 0.29) is 11.8 Å². The number of hydrogen-bond donors (Lipinski definition) is 3. The molecule has 3 aromatic rings. The average molecular weight is 465 g/mol. The van der Waals surface area contributed by atoms with E-state index < -0.39 is 10.0 Å². The Morgan fingerprint density at radius 1 is 0.867 bits per heavy atom. The molecule has 0 bridgehead atoms. The number of urea groups is 1. The van der Waals surface area contributed by atoms with Crippen molar-refractivity contribution in [3.8, 4) is 0 Å². The normalized spacial score (nSPS) is 11.0. The Bertz CT molecular complexity index is 1100. The summed E-state index contributed by atoms with van der Waals surface area (Å²) < 4.78 is 27.3. The summed E-state index contributed by atoms with van der Waals surface area (Å²) in [6.07, 6.45) is 3.30. The van der Waals surface area contributed by atoms with Crippen molar-refractivity contribution in [2.75, 3.05) is 10.0 Å². The van der Waals surface area contributed by atoms with Crippen LogP contribution < -0.4 is 15.4 Å². The second kappa shape index (κ2) is 9.80. The topological polar surface area (TPSA) is 100 Å². The number of nitrogens with zero attached hydrogens (tertiary/aromatic N) is 1. The first-order valence-corrected chi connectivity index (χ1v) is 11.2. The molecule has 1 aromatic heterocycles. The molecule has 30 heavy (non-hydrogen) atoms. The maximum Gasteiger partial charge on any atom is 0.319 e. The number of amides is 2. The van der Waals surface area contributed by atoms with Crippen molar-refractivity contribution >= 4 is 50.6 Å². The zero-order valence-corrected chi connectivity index (χ0v) is 17.9. The second-order valence-corrected chi connectivity index (χ2v) is 8.97. The number of benzene rings is 2. The molecule has 2 aromatic carbocycles. The SMILES string of the molecule is O=C(NCc1ccncc1)Nc1ccc(NS(=O)(=O)Cc2cc(Cl)cc(Cl)c2)cc1. The van der Waals surface area contributed by atoms with Gasteiger partial charge >= 0.3 is 6.03 Å². The Labute approximate surface area is 184 Å². The lowest BCUT2D eigenvalue weighted by Crippen LogP contribution is -2.28. The molecular formula is C20H18Cl2N4O3S. The Kier molecular flexibility index (Phi) is 7.15. The van der Waals surface area contributed by atoms with Crippen LogP contribution in [0.4, 0.5) is 16.2 Å². The first-order chi connectivity index (χ1) is 14.3. The van der Waals surface area contributed by atoms with E-state index in [1.807, 2.05) is 0 Å². The first-order valence-electron chi connectivity index (χ1n) is 8.78. The van der Waals surface area contributed by atoms with Crippen molar-refractivity contribution in [2.45, 2.75) is 12.3 Å². The molecule has 156 valence electrons. The molecule has 0 unspecified atom stereocenters. The van der Waals surface area contributed by atoms with Crippen LogP contribution in [0.15, 0.2) is 67.0 Å². The number of hydrogen-bond acceptors (Lipinski definition) is 4. The molecule has 3 rings (SSSR count). The van der Waals surface area contributed by atoms with Gasteiger partial charge in [0.15, 0.2) is 0 Å². The predicted octanol–water partition coefficient (Wildman–Crippen LogP) is 4.65. The van der Waals surface area contributed by atoms with Crippen LogP contribution in [-0.2, 0) is 22.3 Å². The quantitative estimate of drug-likeness (QED) is 0.473. The molecule has 10 heteroatoms. The number of carbonyl (C=O) groups excluding carboxylic acids is 1. The Balaban J connectivity index is 1.55. The maximum atomic E-state index is 12.4. The van der Waals surface area contributed by atoms with E-state index in [2.05, 4.69) is 20.3 Å². The second-order valence-electron chi connectivity index (χ2n) is 6.38. The number of aromatic nitrogens is 1. The van der Waals surface area contributed by atoms with E-state index in [4.69, 9.17) is 23.2 Å². The smallest absolute Gasteiger partial charge is 0.319 e. The maximum absolute atomic E-state index is 12.4. The summed E-state index contributed by atoms with van der Waals surface area (Å²) >= 11 is 11.8. The number of pyridine rings is 1. The summed E-state index contributed by atoms with van der Waals surface area (Å²) in [7, 11) is -3.67. The van der Waals surface area contributed by atoms with E-state index in [0.29, 0.717) is 33.5 Å². The predicted molar refractivity (Wildman–Crippen MR) is 119 cm³/mol. The van der Waals surface area contributed by atoms with Crippen LogP contribution in [0, 0.1) is 0 Å². The molecule has 0 atom stereocenters. The van der Waals surface area contributed by atoms with Crippen molar-refractivity contribution < 1.29 is 13.2 Å². The van der Waals surface area contributed by atoms with Crippen LogP contribution in [0.3, 0.4) is 0 Å². The Morgan fingerprint density at radius 3 is 2.10 bits per heavy atom. The third-order valence-electron chi connectivity index (χ3n) is 3.90. The molecular weight excluding hydrogens is 447 g/mol. The summed E-state index contributed by atoms with van der Waals surface area (Å²) in [4.78, 5) is 15.9. The Hall–Kier alpha value is -2.81. The zero-order valence-electron chi connectivity index (χ0n) is 15.6. The fourth-order valence-corrected chi connectivity index (χ4v) is 4.35. The van der Waals surface area contributed by atoms with Gasteiger partial charge < -0.3 is 10.6 Å². The van der Waals surface area contributed by atoms with E-state index in [9.17, 15) is 13.2 Å². The summed E-state index contributed by atoms with van der Waals surface area (Å²) in [5.74, 6) is -0.273. The van der Waals surface area contributed by atoms with Gasteiger partial charge in [0.2, 0.25) is 10.0 Å². The average Bonchev–Trinajstić information content (AvgIpc) is 2.67. The van der Waals surface area contributed by atoms with E-state index in [1.54, 1.807) is 60.9 Å². The number of nitrogens with one attached hydrogen (secondary N) is 3. The van der Waals surface area contributed by atoms with Gasteiger partial charge in [-0.25, -0.2) is 13.2 Å². The van der Waals surface area contributed by atoms with Crippen LogP contribution in [0.2, 0.25) is 10.0 Å². The highest BCUT2D eigenvalue weighted by molar-refractivity contribution is 7.91. The largest absolute Gasteiger partial charge is 0.334 e. The molecule has 2 amide bonds. The molecule has 0 radical (unpaired) electrons. The van der Waals surface area contributed by atoms with Gasteiger partial charge in [0.1, 0.15) is 0 Å². The highest BCUT2D eigenvalue weighted by Gasteiger charge is 2.13. The Morgan fingerprint density at radius 2 is 1.47 bits per heavy atom. The van der Waals surface area contributed by atoms with Gasteiger partial charge in [-0.05, 0) is 65.7 Å². The zero-order chi connectivity index (χ0) is 21.6. The van der Waals surface area contributed by atoms with Gasteiger partial charge in [-0.15, -0.1) is 0 Å². The van der Waals surface area contributed by atoms with Crippen LogP contribution in [-0.4, -0.2) is 19.4 Å². The van der Waals surface area contributed by atoms with Gasteiger partial charge in [0, 0.05) is 40.4 Å². The van der Waals surface area contributed by atoms with Crippen molar-refractivity contribution in [3.05, 3.63) is 88.2 Å². The van der Waals surface area contributed by atoms with Crippen molar-refractivity contribution in [3.63, 3.8) is 0 Å². The van der Waals surface area contributed by atoms with E-state index >= 15 is 0 Å². The number of halogens is 2. The molecule has 0 aliphatic carbocycles. The number of carbonyl (C=O) groups is 1. The van der Waals surface area contributed by atoms with Gasteiger partial charge in [-0.1, -0.05) is 23.2 Å². The lowest BCUT2D eigenvalue weighted by Gasteiger charge is -2.11. The van der Waals surface area contributed by atoms with Crippen molar-refractivity contribution in [1.29, 1.82) is 0 Å². The highest BCUT2D eigenvalue weighted by Crippen LogP contribution is 2.22. The fourth-order valence-electron chi connectivity index (χ4n) is 2.61. The number of sulfonamides is 1. The molecule has 0 aliphatic rings. The minimum atomic E-state index is -3.67. The van der Waals surface area contributed by atoms with Crippen LogP contribution in [0.25, 0.3) is 0 Å². The summed E-state index contributed by atoms with van der Waals surface area (Å²) in [6, 6.07) is 14.2. The van der Waals surface area contributed by atoms with Crippen molar-refractivity contribution in [2.24, 2.45) is 0 Å². The van der Waals surface area contributed by atoms with Gasteiger partial charge in [-0.3, -0.25) is 9.71 Å². The monoisotopic (exact) mass is 464 g/mol. The lowest BCUT2D eigenvalue weighted by molar-refractivity contribution is 0.251. The van der Waals surface area contributed by atoms with E-state index in [0.717, 1.165) is 5.56 Å². The first kappa shape index (κ1) is 21.9. The molecule has 3 N–H and O–H groups in total. The third-order valence-corrected chi connectivity index (χ3v) is 5.59. The molecule has 1 heterocycles. The molecule has 7 nitrogen and oxygen atoms in total. The summed E-state index contributed by atoms with van der Waals surface area (Å²) in [5.41, 5.74) is 2.28. The van der Waals surface area contributed by atoms with Crippen molar-refractivity contribution in [1.82, 2.24) is 10.3 Å². The minimum Gasteiger partial charge on any atom is -0.334 e. The highest BCUT2D eigenvalue weighted by atomic mass is 35.5. The number of rotatable bonds is 7. The lowest BCUT2D eigenvalue weighted by atomic mass is 10.2. The summed E-state index contributed by atoms with van der Waals surface area (Å²) in [5, 5.41) is 6.14. The molecule has 0 saturated carbocycles. The van der Waals surface area contributed by atoms with Crippen LogP contribution in [0.5, 0.6) is 0 Å².